The van der Waals surface area contributed by atoms with Gasteiger partial charge in [0.25, 0.3) is 5.91 Å². The molecule has 2 heterocycles. The van der Waals surface area contributed by atoms with Crippen molar-refractivity contribution < 1.29 is 37.3 Å². The fourth-order valence-electron chi connectivity index (χ4n) is 2.81. The summed E-state index contributed by atoms with van der Waals surface area (Å²) in [6.45, 7) is 0.642. The van der Waals surface area contributed by atoms with Crippen LogP contribution in [0.25, 0.3) is 10.9 Å². The Morgan fingerprint density at radius 2 is 2.12 bits per heavy atom. The van der Waals surface area contributed by atoms with E-state index in [1.54, 1.807) is 0 Å². The molecule has 2 N–H and O–H groups in total. The van der Waals surface area contributed by atoms with Gasteiger partial charge in [-0.1, -0.05) is 0 Å². The molecule has 0 unspecified atom stereocenters. The number of benzene rings is 1. The summed E-state index contributed by atoms with van der Waals surface area (Å²) >= 11 is 0. The van der Waals surface area contributed by atoms with Gasteiger partial charge in [0.1, 0.15) is 11.4 Å². The first-order chi connectivity index (χ1) is 12.2. The van der Waals surface area contributed by atoms with Crippen LogP contribution in [0.5, 0.6) is 5.75 Å². The van der Waals surface area contributed by atoms with Crippen LogP contribution < -0.4 is 4.74 Å². The van der Waals surface area contributed by atoms with E-state index in [1.165, 1.54) is 17.0 Å². The number of H-pyrrole nitrogens is 1. The van der Waals surface area contributed by atoms with Gasteiger partial charge in [-0.15, -0.1) is 13.2 Å². The van der Waals surface area contributed by atoms with Crippen molar-refractivity contribution in [3.8, 4) is 5.75 Å². The highest BCUT2D eigenvalue weighted by atomic mass is 19.4. The third-order valence-electron chi connectivity index (χ3n) is 3.89. The van der Waals surface area contributed by atoms with E-state index >= 15 is 0 Å². The predicted molar refractivity (Wildman–Crippen MR) is 82.9 cm³/mol. The summed E-state index contributed by atoms with van der Waals surface area (Å²) < 4.78 is 46.1. The minimum atomic E-state index is -4.80. The number of aromatic amines is 1. The Balaban J connectivity index is 1.77. The zero-order valence-electron chi connectivity index (χ0n) is 13.4. The van der Waals surface area contributed by atoms with Gasteiger partial charge in [-0.25, -0.2) is 0 Å². The molecule has 0 saturated carbocycles. The standard InChI is InChI=1S/C16H15F3N2O5/c17-16(18,19)26-10-2-1-9-5-13(20-12(9)6-10)15(24)21-3-4-25-11(8-21)7-14(22)23/h1-2,5-6,11,20H,3-4,7-8H2,(H,22,23)/t11-/m1/s1. The molecule has 3 rings (SSSR count). The predicted octanol–water partition coefficient (Wildman–Crippen LogP) is 2.38. The molecule has 1 fully saturated rings. The summed E-state index contributed by atoms with van der Waals surface area (Å²) in [7, 11) is 0. The Morgan fingerprint density at radius 1 is 1.35 bits per heavy atom. The maximum atomic E-state index is 12.6. The second-order valence-electron chi connectivity index (χ2n) is 5.82. The molecule has 140 valence electrons. The monoisotopic (exact) mass is 372 g/mol. The van der Waals surface area contributed by atoms with E-state index in [-0.39, 0.29) is 31.2 Å². The summed E-state index contributed by atoms with van der Waals surface area (Å²) in [6.07, 6.45) is -5.61. The van der Waals surface area contributed by atoms with E-state index in [0.29, 0.717) is 17.4 Å². The van der Waals surface area contributed by atoms with Crippen LogP contribution in [0.1, 0.15) is 16.9 Å². The summed E-state index contributed by atoms with van der Waals surface area (Å²) in [6, 6.07) is 5.26. The van der Waals surface area contributed by atoms with Crippen molar-refractivity contribution >= 4 is 22.8 Å². The van der Waals surface area contributed by atoms with Crippen molar-refractivity contribution in [2.45, 2.75) is 18.9 Å². The number of carboxylic acid groups (broad SMARTS) is 1. The zero-order valence-corrected chi connectivity index (χ0v) is 13.4. The molecule has 1 aromatic heterocycles. The Bertz CT molecular complexity index is 833. The van der Waals surface area contributed by atoms with Gasteiger partial charge in [0, 0.05) is 30.1 Å². The van der Waals surface area contributed by atoms with Gasteiger partial charge in [0.15, 0.2) is 0 Å². The minimum Gasteiger partial charge on any atom is -0.481 e. The molecule has 10 heteroatoms. The number of amides is 1. The van der Waals surface area contributed by atoms with Crippen LogP contribution in [0, 0.1) is 0 Å². The topological polar surface area (TPSA) is 91.9 Å². The lowest BCUT2D eigenvalue weighted by Crippen LogP contribution is -2.46. The third kappa shape index (κ3) is 4.26. The molecule has 0 spiro atoms. The maximum absolute atomic E-state index is 12.6. The highest BCUT2D eigenvalue weighted by Gasteiger charge is 2.31. The molecule has 0 radical (unpaired) electrons. The number of rotatable bonds is 4. The van der Waals surface area contributed by atoms with Gasteiger partial charge in [0.05, 0.1) is 19.1 Å². The lowest BCUT2D eigenvalue weighted by atomic mass is 10.2. The first-order valence-electron chi connectivity index (χ1n) is 7.72. The van der Waals surface area contributed by atoms with Crippen molar-refractivity contribution in [1.29, 1.82) is 0 Å². The Morgan fingerprint density at radius 3 is 2.81 bits per heavy atom. The number of carbonyl (C=O) groups excluding carboxylic acids is 1. The molecule has 1 atom stereocenters. The fraction of sp³-hybridized carbons (Fsp3) is 0.375. The van der Waals surface area contributed by atoms with Crippen molar-refractivity contribution in [1.82, 2.24) is 9.88 Å². The maximum Gasteiger partial charge on any atom is 0.573 e. The van der Waals surface area contributed by atoms with E-state index in [1.807, 2.05) is 0 Å². The molecular weight excluding hydrogens is 357 g/mol. The van der Waals surface area contributed by atoms with Crippen LogP contribution in [0.2, 0.25) is 0 Å². The van der Waals surface area contributed by atoms with Crippen LogP contribution in [-0.4, -0.2) is 59.0 Å². The van der Waals surface area contributed by atoms with Gasteiger partial charge >= 0.3 is 12.3 Å². The van der Waals surface area contributed by atoms with Crippen molar-refractivity contribution in [2.24, 2.45) is 0 Å². The summed E-state index contributed by atoms with van der Waals surface area (Å²) in [5.74, 6) is -1.79. The minimum absolute atomic E-state index is 0.128. The van der Waals surface area contributed by atoms with Crippen LogP contribution in [0.3, 0.4) is 0 Å². The molecular formula is C16H15F3N2O5. The first-order valence-corrected chi connectivity index (χ1v) is 7.72. The number of carboxylic acids is 1. The summed E-state index contributed by atoms with van der Waals surface area (Å²) in [4.78, 5) is 27.6. The number of morpholine rings is 1. The van der Waals surface area contributed by atoms with Crippen molar-refractivity contribution in [3.63, 3.8) is 0 Å². The summed E-state index contributed by atoms with van der Waals surface area (Å²) in [5.41, 5.74) is 0.519. The van der Waals surface area contributed by atoms with Gasteiger partial charge in [-0.05, 0) is 18.2 Å². The Kier molecular flexibility index (Phi) is 4.77. The van der Waals surface area contributed by atoms with Crippen LogP contribution in [0.15, 0.2) is 24.3 Å². The molecule has 1 aliphatic rings. The number of aromatic nitrogens is 1. The van der Waals surface area contributed by atoms with Crippen molar-refractivity contribution in [2.75, 3.05) is 19.7 Å². The molecule has 1 aliphatic heterocycles. The highest BCUT2D eigenvalue weighted by molar-refractivity contribution is 5.98. The summed E-state index contributed by atoms with van der Waals surface area (Å²) in [5, 5.41) is 9.38. The van der Waals surface area contributed by atoms with Crippen LogP contribution in [0.4, 0.5) is 13.2 Å². The molecule has 0 aliphatic carbocycles. The second kappa shape index (κ2) is 6.87. The Labute approximate surface area is 145 Å². The molecule has 1 amide bonds. The first kappa shape index (κ1) is 18.1. The van der Waals surface area contributed by atoms with E-state index in [9.17, 15) is 22.8 Å². The number of nitrogens with one attached hydrogen (secondary N) is 1. The van der Waals surface area contributed by atoms with Crippen LogP contribution in [-0.2, 0) is 9.53 Å². The number of halogens is 3. The number of hydrogen-bond donors (Lipinski definition) is 2. The van der Waals surface area contributed by atoms with Gasteiger partial charge in [0.2, 0.25) is 0 Å². The van der Waals surface area contributed by atoms with E-state index < -0.39 is 24.2 Å². The Hall–Kier alpha value is -2.75. The number of alkyl halides is 3. The fourth-order valence-corrected chi connectivity index (χ4v) is 2.81. The number of carbonyl (C=O) groups is 2. The van der Waals surface area contributed by atoms with E-state index in [0.717, 1.165) is 12.1 Å². The third-order valence-corrected chi connectivity index (χ3v) is 3.89. The quantitative estimate of drug-likeness (QED) is 0.860. The second-order valence-corrected chi connectivity index (χ2v) is 5.82. The zero-order chi connectivity index (χ0) is 18.9. The molecule has 7 nitrogen and oxygen atoms in total. The highest BCUT2D eigenvalue weighted by Crippen LogP contribution is 2.27. The lowest BCUT2D eigenvalue weighted by molar-refractivity contribution is -0.274. The SMILES string of the molecule is O=C(O)C[C@@H]1CN(C(=O)c2cc3ccc(OC(F)(F)F)cc3[nH]2)CCO1. The largest absolute Gasteiger partial charge is 0.573 e. The molecule has 26 heavy (non-hydrogen) atoms. The smallest absolute Gasteiger partial charge is 0.481 e. The molecule has 1 saturated heterocycles. The number of aliphatic carboxylic acids is 1. The number of ether oxygens (including phenoxy) is 2. The number of nitrogens with zero attached hydrogens (tertiary/aromatic N) is 1. The van der Waals surface area contributed by atoms with E-state index in [2.05, 4.69) is 9.72 Å². The normalized spacial score (nSPS) is 18.1. The van der Waals surface area contributed by atoms with Gasteiger partial charge < -0.3 is 24.5 Å². The van der Waals surface area contributed by atoms with Crippen LogP contribution >= 0.6 is 0 Å². The van der Waals surface area contributed by atoms with Gasteiger partial charge in [-0.2, -0.15) is 0 Å². The lowest BCUT2D eigenvalue weighted by Gasteiger charge is -2.32. The molecule has 2 aromatic rings. The van der Waals surface area contributed by atoms with E-state index in [4.69, 9.17) is 9.84 Å². The van der Waals surface area contributed by atoms with Crippen molar-refractivity contribution in [3.05, 3.63) is 30.0 Å². The molecule has 1 aromatic carbocycles. The average Bonchev–Trinajstić information content (AvgIpc) is 2.95. The number of hydrogen-bond acceptors (Lipinski definition) is 4. The van der Waals surface area contributed by atoms with Gasteiger partial charge in [-0.3, -0.25) is 9.59 Å². The molecule has 0 bridgehead atoms. The average molecular weight is 372 g/mol. The number of fused-ring (bicyclic) bond motifs is 1.